The van der Waals surface area contributed by atoms with Gasteiger partial charge in [-0.1, -0.05) is 24.3 Å². The number of halogens is 1. The number of pyridine rings is 1. The highest BCUT2D eigenvalue weighted by Crippen LogP contribution is 2.28. The molecule has 0 amide bonds. The number of rotatable bonds is 6. The summed E-state index contributed by atoms with van der Waals surface area (Å²) in [5.74, 6) is 5.66. The van der Waals surface area contributed by atoms with Crippen LogP contribution in [-0.2, 0) is 0 Å². The van der Waals surface area contributed by atoms with Gasteiger partial charge in [-0.15, -0.1) is 6.58 Å². The maximum Gasteiger partial charge on any atom is 0.0736 e. The van der Waals surface area contributed by atoms with Crippen LogP contribution in [0.25, 0.3) is 10.9 Å². The first-order chi connectivity index (χ1) is 9.26. The molecule has 1 aromatic heterocycles. The summed E-state index contributed by atoms with van der Waals surface area (Å²) in [7, 11) is 0. The quantitative estimate of drug-likeness (QED) is 0.368. The molecule has 0 aliphatic carbocycles. The van der Waals surface area contributed by atoms with Crippen LogP contribution in [0, 0.1) is 0 Å². The minimum Gasteiger partial charge on any atom is -0.271 e. The molecule has 0 saturated heterocycles. The van der Waals surface area contributed by atoms with E-state index in [9.17, 15) is 0 Å². The summed E-state index contributed by atoms with van der Waals surface area (Å²) in [5.41, 5.74) is 4.81. The fraction of sp³-hybridized carbons (Fsp3) is 0.267. The van der Waals surface area contributed by atoms with E-state index in [0.717, 1.165) is 40.3 Å². The number of nitrogens with one attached hydrogen (secondary N) is 1. The Balaban J connectivity index is 2.30. The smallest absolute Gasteiger partial charge is 0.0736 e. The minimum absolute atomic E-state index is 0.0546. The van der Waals surface area contributed by atoms with Gasteiger partial charge in [-0.25, -0.2) is 4.98 Å². The SMILES string of the molecule is C=CCCCC(NN)c1nc2ccccc2cc1Br. The van der Waals surface area contributed by atoms with Gasteiger partial charge in [0.05, 0.1) is 17.3 Å². The molecule has 0 bridgehead atoms. The normalized spacial score (nSPS) is 12.5. The van der Waals surface area contributed by atoms with Gasteiger partial charge in [0.25, 0.3) is 0 Å². The number of unbranched alkanes of at least 4 members (excludes halogenated alkanes) is 1. The summed E-state index contributed by atoms with van der Waals surface area (Å²) in [4.78, 5) is 4.71. The Morgan fingerprint density at radius 2 is 2.21 bits per heavy atom. The number of fused-ring (bicyclic) bond motifs is 1. The Labute approximate surface area is 122 Å². The van der Waals surface area contributed by atoms with Crippen molar-refractivity contribution >= 4 is 26.8 Å². The number of allylic oxidation sites excluding steroid dienone is 1. The molecule has 19 heavy (non-hydrogen) atoms. The summed E-state index contributed by atoms with van der Waals surface area (Å²) < 4.78 is 0.993. The van der Waals surface area contributed by atoms with E-state index in [1.807, 2.05) is 24.3 Å². The van der Waals surface area contributed by atoms with Gasteiger partial charge >= 0.3 is 0 Å². The second kappa shape index (κ2) is 6.80. The number of nitrogens with two attached hydrogens (primary N) is 1. The maximum absolute atomic E-state index is 5.66. The van der Waals surface area contributed by atoms with Gasteiger partial charge in [-0.05, 0) is 47.3 Å². The number of para-hydroxylation sites is 1. The van der Waals surface area contributed by atoms with Crippen LogP contribution in [-0.4, -0.2) is 4.98 Å². The number of aromatic nitrogens is 1. The zero-order valence-electron chi connectivity index (χ0n) is 10.8. The van der Waals surface area contributed by atoms with Crippen LogP contribution < -0.4 is 11.3 Å². The molecular weight excluding hydrogens is 302 g/mol. The van der Waals surface area contributed by atoms with Crippen LogP contribution in [0.3, 0.4) is 0 Å². The average molecular weight is 320 g/mol. The van der Waals surface area contributed by atoms with E-state index in [0.29, 0.717) is 0 Å². The summed E-state index contributed by atoms with van der Waals surface area (Å²) >= 11 is 3.59. The van der Waals surface area contributed by atoms with Crippen molar-refractivity contribution in [3.05, 3.63) is 53.2 Å². The van der Waals surface area contributed by atoms with Gasteiger partial charge in [0, 0.05) is 9.86 Å². The van der Waals surface area contributed by atoms with E-state index in [1.54, 1.807) is 0 Å². The van der Waals surface area contributed by atoms with Crippen molar-refractivity contribution in [3.63, 3.8) is 0 Å². The van der Waals surface area contributed by atoms with Gasteiger partial charge in [-0.3, -0.25) is 11.3 Å². The predicted octanol–water partition coefficient (Wildman–Crippen LogP) is 3.86. The lowest BCUT2D eigenvalue weighted by Gasteiger charge is -2.17. The monoisotopic (exact) mass is 319 g/mol. The van der Waals surface area contributed by atoms with E-state index in [4.69, 9.17) is 10.8 Å². The van der Waals surface area contributed by atoms with Gasteiger partial charge in [0.1, 0.15) is 0 Å². The molecule has 100 valence electrons. The van der Waals surface area contributed by atoms with Crippen LogP contribution in [0.2, 0.25) is 0 Å². The highest BCUT2D eigenvalue weighted by Gasteiger charge is 2.15. The Hall–Kier alpha value is -1.23. The summed E-state index contributed by atoms with van der Waals surface area (Å²) in [5, 5.41) is 1.12. The first kappa shape index (κ1) is 14.2. The highest BCUT2D eigenvalue weighted by molar-refractivity contribution is 9.10. The van der Waals surface area contributed by atoms with Crippen molar-refractivity contribution in [1.82, 2.24) is 10.4 Å². The standard InChI is InChI=1S/C15H18BrN3/c1-2-3-4-9-14(19-17)15-12(16)10-11-7-5-6-8-13(11)18-15/h2,5-8,10,14,19H,1,3-4,9,17H2. The third-order valence-electron chi connectivity index (χ3n) is 3.14. The van der Waals surface area contributed by atoms with E-state index >= 15 is 0 Å². The molecule has 4 heteroatoms. The molecule has 0 aliphatic rings. The number of hydrogen-bond acceptors (Lipinski definition) is 3. The van der Waals surface area contributed by atoms with Crippen molar-refractivity contribution in [1.29, 1.82) is 0 Å². The first-order valence-corrected chi connectivity index (χ1v) is 7.17. The van der Waals surface area contributed by atoms with Crippen molar-refractivity contribution in [2.45, 2.75) is 25.3 Å². The zero-order chi connectivity index (χ0) is 13.7. The molecule has 1 aromatic carbocycles. The summed E-state index contributed by atoms with van der Waals surface area (Å²) in [6.45, 7) is 3.74. The Morgan fingerprint density at radius 1 is 1.42 bits per heavy atom. The zero-order valence-corrected chi connectivity index (χ0v) is 12.4. The number of hydrazine groups is 1. The third-order valence-corrected chi connectivity index (χ3v) is 3.77. The highest BCUT2D eigenvalue weighted by atomic mass is 79.9. The lowest BCUT2D eigenvalue weighted by Crippen LogP contribution is -2.29. The summed E-state index contributed by atoms with van der Waals surface area (Å²) in [6, 6.07) is 10.2. The van der Waals surface area contributed by atoms with E-state index in [-0.39, 0.29) is 6.04 Å². The maximum atomic E-state index is 5.66. The molecule has 1 atom stereocenters. The second-order valence-corrected chi connectivity index (χ2v) is 5.34. The van der Waals surface area contributed by atoms with Crippen molar-refractivity contribution in [2.24, 2.45) is 5.84 Å². The van der Waals surface area contributed by atoms with Crippen molar-refractivity contribution < 1.29 is 0 Å². The predicted molar refractivity (Wildman–Crippen MR) is 83.6 cm³/mol. The van der Waals surface area contributed by atoms with E-state index in [1.165, 1.54) is 0 Å². The Kier molecular flexibility index (Phi) is 5.07. The van der Waals surface area contributed by atoms with Crippen LogP contribution >= 0.6 is 15.9 Å². The van der Waals surface area contributed by atoms with E-state index in [2.05, 4.69) is 40.1 Å². The van der Waals surface area contributed by atoms with Crippen LogP contribution in [0.1, 0.15) is 31.0 Å². The molecule has 1 unspecified atom stereocenters. The fourth-order valence-corrected chi connectivity index (χ4v) is 2.73. The van der Waals surface area contributed by atoms with Crippen LogP contribution in [0.5, 0.6) is 0 Å². The fourth-order valence-electron chi connectivity index (χ4n) is 2.11. The van der Waals surface area contributed by atoms with Gasteiger partial charge in [-0.2, -0.15) is 0 Å². The summed E-state index contributed by atoms with van der Waals surface area (Å²) in [6.07, 6.45) is 4.89. The van der Waals surface area contributed by atoms with Crippen LogP contribution in [0.15, 0.2) is 47.5 Å². The van der Waals surface area contributed by atoms with Gasteiger partial charge < -0.3 is 0 Å². The van der Waals surface area contributed by atoms with Crippen molar-refractivity contribution in [3.8, 4) is 0 Å². The molecule has 2 rings (SSSR count). The number of nitrogens with zero attached hydrogens (tertiary/aromatic N) is 1. The molecule has 1 heterocycles. The Bertz CT molecular complexity index is 568. The van der Waals surface area contributed by atoms with Gasteiger partial charge in [0.2, 0.25) is 0 Å². The molecule has 0 aliphatic heterocycles. The van der Waals surface area contributed by atoms with E-state index < -0.39 is 0 Å². The topological polar surface area (TPSA) is 50.9 Å². The van der Waals surface area contributed by atoms with Crippen LogP contribution in [0.4, 0.5) is 0 Å². The second-order valence-electron chi connectivity index (χ2n) is 4.49. The van der Waals surface area contributed by atoms with Crippen molar-refractivity contribution in [2.75, 3.05) is 0 Å². The molecule has 0 fully saturated rings. The lowest BCUT2D eigenvalue weighted by molar-refractivity contribution is 0.489. The number of hydrogen-bond donors (Lipinski definition) is 2. The lowest BCUT2D eigenvalue weighted by atomic mass is 10.1. The molecule has 0 spiro atoms. The largest absolute Gasteiger partial charge is 0.271 e. The Morgan fingerprint density at radius 3 is 2.95 bits per heavy atom. The number of benzene rings is 1. The molecule has 0 radical (unpaired) electrons. The molecule has 3 N–H and O–H groups in total. The van der Waals surface area contributed by atoms with Gasteiger partial charge in [0.15, 0.2) is 0 Å². The molecular formula is C15H18BrN3. The molecule has 2 aromatic rings. The molecule has 3 nitrogen and oxygen atoms in total. The minimum atomic E-state index is 0.0546. The third kappa shape index (κ3) is 3.41. The average Bonchev–Trinajstić information content (AvgIpc) is 2.43. The molecule has 0 saturated carbocycles. The first-order valence-electron chi connectivity index (χ1n) is 6.38.